The molecule has 0 fully saturated rings. The van der Waals surface area contributed by atoms with E-state index in [9.17, 15) is 0 Å². The zero-order chi connectivity index (χ0) is 12.4. The topological polar surface area (TPSA) is 24.9 Å². The quantitative estimate of drug-likeness (QED) is 0.881. The van der Waals surface area contributed by atoms with E-state index in [0.717, 1.165) is 12.2 Å². The Kier molecular flexibility index (Phi) is 3.01. The molecule has 18 heavy (non-hydrogen) atoms. The van der Waals surface area contributed by atoms with Gasteiger partial charge in [0.2, 0.25) is 0 Å². The fourth-order valence-electron chi connectivity index (χ4n) is 2.55. The van der Waals surface area contributed by atoms with Crippen LogP contribution in [0.15, 0.2) is 42.5 Å². The van der Waals surface area contributed by atoms with Crippen molar-refractivity contribution in [1.29, 1.82) is 0 Å². The molecule has 3 rings (SSSR count). The molecule has 1 heterocycles. The Morgan fingerprint density at radius 1 is 1.06 bits per heavy atom. The van der Waals surface area contributed by atoms with Crippen LogP contribution in [0.4, 0.5) is 5.82 Å². The standard InChI is InChI=1S/C16H18N2/c1-12(13-6-3-2-4-7-13)17-16-11-10-14-8-5-9-15(14)18-16/h2-4,6-7,10-12H,5,8-9H2,1H3,(H,17,18). The molecule has 1 N–H and O–H groups in total. The van der Waals surface area contributed by atoms with Crippen molar-refractivity contribution in [1.82, 2.24) is 4.98 Å². The Hall–Kier alpha value is -1.83. The van der Waals surface area contributed by atoms with Crippen LogP contribution in [0.25, 0.3) is 0 Å². The first kappa shape index (κ1) is 11.3. The first-order valence-electron chi connectivity index (χ1n) is 6.63. The van der Waals surface area contributed by atoms with Gasteiger partial charge in [0, 0.05) is 11.7 Å². The molecule has 2 heteroatoms. The molecule has 0 amide bonds. The molecule has 1 atom stereocenters. The fourth-order valence-corrected chi connectivity index (χ4v) is 2.55. The van der Waals surface area contributed by atoms with Crippen LogP contribution in [0.1, 0.15) is 36.2 Å². The average molecular weight is 238 g/mol. The van der Waals surface area contributed by atoms with E-state index < -0.39 is 0 Å². The number of hydrogen-bond acceptors (Lipinski definition) is 2. The van der Waals surface area contributed by atoms with Gasteiger partial charge in [0.1, 0.15) is 5.82 Å². The van der Waals surface area contributed by atoms with Gasteiger partial charge < -0.3 is 5.32 Å². The van der Waals surface area contributed by atoms with Gasteiger partial charge in [-0.05, 0) is 43.4 Å². The van der Waals surface area contributed by atoms with E-state index in [1.54, 1.807) is 0 Å². The number of hydrogen-bond donors (Lipinski definition) is 1. The van der Waals surface area contributed by atoms with Crippen LogP contribution in [-0.4, -0.2) is 4.98 Å². The molecule has 0 bridgehead atoms. The molecule has 1 unspecified atom stereocenters. The first-order chi connectivity index (χ1) is 8.83. The van der Waals surface area contributed by atoms with Gasteiger partial charge in [-0.15, -0.1) is 0 Å². The van der Waals surface area contributed by atoms with Crippen molar-refractivity contribution in [3.8, 4) is 0 Å². The summed E-state index contributed by atoms with van der Waals surface area (Å²) in [5.41, 5.74) is 3.99. The summed E-state index contributed by atoms with van der Waals surface area (Å²) in [7, 11) is 0. The van der Waals surface area contributed by atoms with Crippen molar-refractivity contribution in [3.05, 3.63) is 59.3 Å². The third-order valence-corrected chi connectivity index (χ3v) is 3.59. The zero-order valence-corrected chi connectivity index (χ0v) is 10.7. The van der Waals surface area contributed by atoms with Crippen LogP contribution in [0.3, 0.4) is 0 Å². The van der Waals surface area contributed by atoms with E-state index in [1.807, 2.05) is 6.07 Å². The molecule has 2 aromatic rings. The Labute approximate surface area is 108 Å². The lowest BCUT2D eigenvalue weighted by Crippen LogP contribution is -2.08. The lowest BCUT2D eigenvalue weighted by Gasteiger charge is -2.15. The number of fused-ring (bicyclic) bond motifs is 1. The van der Waals surface area contributed by atoms with Crippen molar-refractivity contribution >= 4 is 5.82 Å². The number of nitrogens with zero attached hydrogens (tertiary/aromatic N) is 1. The summed E-state index contributed by atoms with van der Waals surface area (Å²) in [6, 6.07) is 15.1. The predicted octanol–water partition coefficient (Wildman–Crippen LogP) is 3.74. The predicted molar refractivity (Wildman–Crippen MR) is 74.7 cm³/mol. The van der Waals surface area contributed by atoms with E-state index in [0.29, 0.717) is 0 Å². The van der Waals surface area contributed by atoms with Crippen molar-refractivity contribution in [3.63, 3.8) is 0 Å². The summed E-state index contributed by atoms with van der Waals surface area (Å²) in [6.07, 6.45) is 3.57. The van der Waals surface area contributed by atoms with Gasteiger partial charge in [0.25, 0.3) is 0 Å². The maximum Gasteiger partial charge on any atom is 0.126 e. The molecule has 1 aromatic heterocycles. The third-order valence-electron chi connectivity index (χ3n) is 3.59. The van der Waals surface area contributed by atoms with Gasteiger partial charge in [-0.25, -0.2) is 4.98 Å². The minimum absolute atomic E-state index is 0.290. The summed E-state index contributed by atoms with van der Waals surface area (Å²) < 4.78 is 0. The highest BCUT2D eigenvalue weighted by Crippen LogP contribution is 2.23. The Morgan fingerprint density at radius 2 is 1.89 bits per heavy atom. The second-order valence-corrected chi connectivity index (χ2v) is 4.93. The summed E-state index contributed by atoms with van der Waals surface area (Å²) in [5.74, 6) is 0.993. The van der Waals surface area contributed by atoms with E-state index in [1.165, 1.54) is 29.7 Å². The van der Waals surface area contributed by atoms with Gasteiger partial charge >= 0.3 is 0 Å². The Morgan fingerprint density at radius 3 is 2.72 bits per heavy atom. The molecule has 0 saturated heterocycles. The largest absolute Gasteiger partial charge is 0.364 e. The number of rotatable bonds is 3. The summed E-state index contributed by atoms with van der Waals surface area (Å²) in [6.45, 7) is 2.17. The highest BCUT2D eigenvalue weighted by molar-refractivity contribution is 5.42. The van der Waals surface area contributed by atoms with Gasteiger partial charge in [-0.1, -0.05) is 36.4 Å². The Bertz CT molecular complexity index is 534. The van der Waals surface area contributed by atoms with E-state index in [-0.39, 0.29) is 6.04 Å². The molecule has 1 aliphatic carbocycles. The Balaban J connectivity index is 1.77. The molecule has 0 saturated carbocycles. The van der Waals surface area contributed by atoms with Crippen molar-refractivity contribution in [2.45, 2.75) is 32.2 Å². The minimum atomic E-state index is 0.290. The van der Waals surface area contributed by atoms with Crippen molar-refractivity contribution < 1.29 is 0 Å². The monoisotopic (exact) mass is 238 g/mol. The lowest BCUT2D eigenvalue weighted by molar-refractivity contribution is 0.866. The van der Waals surface area contributed by atoms with Gasteiger partial charge in [-0.2, -0.15) is 0 Å². The summed E-state index contributed by atoms with van der Waals surface area (Å²) in [4.78, 5) is 4.71. The molecular formula is C16H18N2. The van der Waals surface area contributed by atoms with Gasteiger partial charge in [0.05, 0.1) is 0 Å². The number of pyridine rings is 1. The first-order valence-corrected chi connectivity index (χ1v) is 6.63. The van der Waals surface area contributed by atoms with Gasteiger partial charge in [-0.3, -0.25) is 0 Å². The third kappa shape index (κ3) is 2.23. The number of benzene rings is 1. The number of aryl methyl sites for hydroxylation is 2. The van der Waals surface area contributed by atoms with Crippen LogP contribution >= 0.6 is 0 Å². The molecule has 2 nitrogen and oxygen atoms in total. The highest BCUT2D eigenvalue weighted by atomic mass is 15.0. The van der Waals surface area contributed by atoms with E-state index in [2.05, 4.69) is 48.6 Å². The van der Waals surface area contributed by atoms with Crippen LogP contribution in [0.2, 0.25) is 0 Å². The van der Waals surface area contributed by atoms with Crippen LogP contribution in [0.5, 0.6) is 0 Å². The molecule has 92 valence electrons. The maximum atomic E-state index is 4.71. The summed E-state index contributed by atoms with van der Waals surface area (Å²) in [5, 5.41) is 3.48. The smallest absolute Gasteiger partial charge is 0.126 e. The van der Waals surface area contributed by atoms with Crippen LogP contribution in [-0.2, 0) is 12.8 Å². The van der Waals surface area contributed by atoms with Crippen molar-refractivity contribution in [2.24, 2.45) is 0 Å². The highest BCUT2D eigenvalue weighted by Gasteiger charge is 2.13. The van der Waals surface area contributed by atoms with Crippen LogP contribution < -0.4 is 5.32 Å². The minimum Gasteiger partial charge on any atom is -0.364 e. The molecule has 1 aliphatic rings. The normalized spacial score (nSPS) is 15.2. The van der Waals surface area contributed by atoms with Crippen molar-refractivity contribution in [2.75, 3.05) is 5.32 Å². The summed E-state index contributed by atoms with van der Waals surface area (Å²) >= 11 is 0. The number of nitrogens with one attached hydrogen (secondary N) is 1. The fraction of sp³-hybridized carbons (Fsp3) is 0.312. The zero-order valence-electron chi connectivity index (χ0n) is 10.7. The SMILES string of the molecule is CC(Nc1ccc2c(n1)CCC2)c1ccccc1. The van der Waals surface area contributed by atoms with Crippen LogP contribution in [0, 0.1) is 0 Å². The number of aromatic nitrogens is 1. The second kappa shape index (κ2) is 4.81. The average Bonchev–Trinajstić information content (AvgIpc) is 2.87. The second-order valence-electron chi connectivity index (χ2n) is 4.93. The van der Waals surface area contributed by atoms with Gasteiger partial charge in [0.15, 0.2) is 0 Å². The maximum absolute atomic E-state index is 4.71. The molecule has 0 radical (unpaired) electrons. The molecule has 0 aliphatic heterocycles. The number of anilines is 1. The van der Waals surface area contributed by atoms with E-state index in [4.69, 9.17) is 4.98 Å². The molecule has 0 spiro atoms. The molecular weight excluding hydrogens is 220 g/mol. The lowest BCUT2D eigenvalue weighted by atomic mass is 10.1. The molecule has 1 aromatic carbocycles. The van der Waals surface area contributed by atoms with E-state index >= 15 is 0 Å².